The van der Waals surface area contributed by atoms with Gasteiger partial charge in [-0.3, -0.25) is 71.9 Å². The number of primary amides is 1. The Balaban J connectivity index is 1.22. The van der Waals surface area contributed by atoms with Crippen molar-refractivity contribution in [3.63, 3.8) is 0 Å². The first-order valence-electron chi connectivity index (χ1n) is 43.2. The number of phenols is 2. The molecule has 0 bridgehead atoms. The number of aromatic hydroxyl groups is 2. The summed E-state index contributed by atoms with van der Waals surface area (Å²) in [5.41, 5.74) is 8.72. The van der Waals surface area contributed by atoms with Crippen LogP contribution < -0.4 is 53.6 Å². The van der Waals surface area contributed by atoms with E-state index >= 15 is 38.4 Å². The fourth-order valence-corrected chi connectivity index (χ4v) is 16.1. The number of benzene rings is 6. The molecule has 15 N–H and O–H groups in total. The zero-order chi connectivity index (χ0) is 95.2. The van der Waals surface area contributed by atoms with Crippen molar-refractivity contribution in [2.45, 2.75) is 185 Å². The van der Waals surface area contributed by atoms with Gasteiger partial charge in [0.1, 0.15) is 84.0 Å². The number of unbranched alkanes of at least 4 members (excludes halogenated alkanes) is 1. The maximum absolute atomic E-state index is 15.6. The van der Waals surface area contributed by atoms with E-state index in [1.165, 1.54) is 100 Å². The molecule has 1 aromatic heterocycles. The molecule has 0 radical (unpaired) electrons. The molecule has 6 aromatic carbocycles. The molecule has 130 heavy (non-hydrogen) atoms. The molecule has 2 heterocycles. The minimum atomic E-state index is -1.66. The molecule has 1 aliphatic heterocycles. The Morgan fingerprint density at radius 1 is 0.485 bits per heavy atom. The second kappa shape index (κ2) is 49.5. The molecular weight excluding hydrogens is 1700 g/mol. The van der Waals surface area contributed by atoms with E-state index in [1.807, 2.05) is 6.92 Å². The van der Waals surface area contributed by atoms with Gasteiger partial charge in [-0.1, -0.05) is 190 Å². The molecule has 12 atom stereocenters. The average Bonchev–Trinajstić information content (AvgIpc) is 1.47. The number of para-hydroxylation sites is 1. The van der Waals surface area contributed by atoms with Gasteiger partial charge in [0.25, 0.3) is 0 Å². The Morgan fingerprint density at radius 3 is 1.48 bits per heavy atom. The van der Waals surface area contributed by atoms with Gasteiger partial charge in [0.15, 0.2) is 0 Å². The summed E-state index contributed by atoms with van der Waals surface area (Å²) in [5, 5.41) is 56.6. The van der Waals surface area contributed by atoms with E-state index in [-0.39, 0.29) is 74.5 Å². The molecule has 0 aliphatic carbocycles. The van der Waals surface area contributed by atoms with Crippen molar-refractivity contribution in [1.29, 1.82) is 0 Å². The van der Waals surface area contributed by atoms with E-state index in [4.69, 9.17) is 5.73 Å². The fourth-order valence-electron chi connectivity index (χ4n) is 15.1. The number of likely N-dealkylation sites (N-methyl/N-ethyl adjacent to an activating group) is 5. The van der Waals surface area contributed by atoms with Crippen molar-refractivity contribution in [2.24, 2.45) is 17.6 Å². The van der Waals surface area contributed by atoms with Crippen LogP contribution in [0.5, 0.6) is 11.5 Å². The number of nitrogens with zero attached hydrogens (tertiary/aromatic N) is 5. The molecule has 0 saturated carbocycles. The zero-order valence-corrected chi connectivity index (χ0v) is 76.9. The standard InChI is InChI=1S/C94H121N16O18PS/c1-12-13-33-75-92(126)107(8)57(6)83(117)100-71(49-81(116)129)88(122)105-82(56(4)5)94(128)109(10)76(46-59-27-19-15-20-28-59)89(123)103-72(45-62-36-40-65(112)41-37-62)90(124)106(7)52-79(114)98-70(48-63-50-96-67-32-24-23-31-66(63)67)87(121)102-69(43-61-34-38-64(111)39-35-61)86(120)101-68(42-55(2)3)85(119)104-74(84(118)97-51-78(95)113)53-130-54-80(115)99-73(44-58-25-17-14-18-26-58)91(125)110(11)77(93(127)108(75)9)47-60-29-21-16-22-30-60/h14-32,34-41,50,55-57,68-77,82,96,111-112,116,129H,12-13,33,42-49,51-54H2,1-11H3,(H2,95,113)(H,97,118)(H,98,114)(H,99,115)(H,100,117)(H,101,120)(H,102,121)(H,103,123)(H,104,119)(H,105,122)/t57-,68+,69+,70+,71+,72+,73+,74+,75+,76+,77+,82+/m1/s1. The normalized spacial score (nSPS) is 22.4. The van der Waals surface area contributed by atoms with Crippen LogP contribution in [0.25, 0.3) is 10.9 Å². The Kier molecular flexibility index (Phi) is 39.0. The van der Waals surface area contributed by atoms with Gasteiger partial charge >= 0.3 is 0 Å². The first kappa shape index (κ1) is 102. The third kappa shape index (κ3) is 30.3. The highest BCUT2D eigenvalue weighted by molar-refractivity contribution is 8.00. The molecule has 34 nitrogen and oxygen atoms in total. The largest absolute Gasteiger partial charge is 0.508 e. The van der Waals surface area contributed by atoms with E-state index < -0.39 is 198 Å². The lowest BCUT2D eigenvalue weighted by molar-refractivity contribution is -0.152. The third-order valence-corrected chi connectivity index (χ3v) is 23.9. The highest BCUT2D eigenvalue weighted by Gasteiger charge is 2.43. The lowest BCUT2D eigenvalue weighted by Crippen LogP contribution is -2.61. The number of aromatic amines is 1. The minimum absolute atomic E-state index is 0.0576. The smallest absolute Gasteiger partial charge is 0.246 e. The molecular formula is C94H121N16O18PS. The van der Waals surface area contributed by atoms with Crippen LogP contribution in [0, 0.1) is 11.8 Å². The van der Waals surface area contributed by atoms with Crippen LogP contribution in [0.2, 0.25) is 0 Å². The summed E-state index contributed by atoms with van der Waals surface area (Å²) in [7, 11) is 9.80. The van der Waals surface area contributed by atoms with E-state index in [0.29, 0.717) is 57.1 Å². The number of fused-ring (bicyclic) bond motifs is 1. The van der Waals surface area contributed by atoms with E-state index in [0.717, 1.165) is 26.5 Å². The topological polar surface area (TPSA) is 483 Å². The number of hydrogen-bond acceptors (Lipinski definition) is 18. The predicted molar refractivity (Wildman–Crippen MR) is 494 cm³/mol. The number of nitrogens with one attached hydrogen (secondary N) is 10. The summed E-state index contributed by atoms with van der Waals surface area (Å²) in [5.74, 6) is -15.2. The zero-order valence-electron chi connectivity index (χ0n) is 75.0. The Hall–Kier alpha value is -13.0. The summed E-state index contributed by atoms with van der Waals surface area (Å²) in [6, 6.07) is 26.7. The van der Waals surface area contributed by atoms with Gasteiger partial charge in [-0.25, -0.2) is 0 Å². The maximum atomic E-state index is 15.6. The van der Waals surface area contributed by atoms with Crippen LogP contribution in [-0.2, 0) is 110 Å². The number of aromatic nitrogens is 1. The average molecular weight is 1830 g/mol. The first-order valence-corrected chi connectivity index (χ1v) is 44.8. The van der Waals surface area contributed by atoms with Crippen LogP contribution >= 0.6 is 20.6 Å². The molecule has 696 valence electrons. The number of thioether (sulfide) groups is 1. The molecule has 15 amide bonds. The van der Waals surface area contributed by atoms with Crippen molar-refractivity contribution in [1.82, 2.24) is 77.3 Å². The van der Waals surface area contributed by atoms with Gasteiger partial charge in [-0.15, -0.1) is 11.8 Å². The summed E-state index contributed by atoms with van der Waals surface area (Å²) in [6.07, 6.45) is 0.742. The molecule has 36 heteroatoms. The Labute approximate surface area is 763 Å². The predicted octanol–water partition coefficient (Wildman–Crippen LogP) is 3.28. The van der Waals surface area contributed by atoms with Gasteiger partial charge in [-0.05, 0) is 95.3 Å². The fraction of sp³-hybridized carbons (Fsp3) is 0.426. The van der Waals surface area contributed by atoms with Gasteiger partial charge < -0.3 is 98.4 Å². The van der Waals surface area contributed by atoms with Gasteiger partial charge in [0.05, 0.1) is 24.3 Å². The maximum Gasteiger partial charge on any atom is 0.246 e. The minimum Gasteiger partial charge on any atom is -0.508 e. The van der Waals surface area contributed by atoms with Crippen molar-refractivity contribution >= 4 is 126 Å². The number of nitrogens with two attached hydrogens (primary N) is 1. The van der Waals surface area contributed by atoms with Gasteiger partial charge in [0, 0.05) is 103 Å². The Morgan fingerprint density at radius 2 is 0.938 bits per heavy atom. The highest BCUT2D eigenvalue weighted by Crippen LogP contribution is 2.25. The number of carbonyl (C=O) groups excluding carboxylic acids is 15. The van der Waals surface area contributed by atoms with Gasteiger partial charge in [0.2, 0.25) is 88.6 Å². The van der Waals surface area contributed by atoms with Crippen molar-refractivity contribution in [3.05, 3.63) is 203 Å². The second-order valence-electron chi connectivity index (χ2n) is 33.5. The molecule has 7 aromatic rings. The summed E-state index contributed by atoms with van der Waals surface area (Å²) < 4.78 is 0. The quantitative estimate of drug-likeness (QED) is 0.0409. The number of carbonyl (C=O) groups is 15. The SMILES string of the molecule is CCCC[C@H]1C(=O)N(C)[C@H](C)C(=O)N[C@@H](CC(O)=P)C(=O)N[C@@H](C(C)C)C(=O)N(C)[C@@H](Cc2ccccc2)C(=O)N[C@@H](Cc2ccc(O)cc2)C(=O)N(C)CC(=O)N[C@@H](Cc2c[nH]c3ccccc23)C(=O)N[C@@H](Cc2ccc(O)cc2)C(=O)N[C@@H](CC(C)C)C(=O)N[C@H](C(=O)NCC(N)=O)CSCC(=O)N[C@@H](Cc2ccccc2)C(=O)N(C)[C@@H](Cc2ccccc2)C(=O)N1C. The Bertz CT molecular complexity index is 5110. The molecule has 0 spiro atoms. The monoisotopic (exact) mass is 1820 g/mol. The van der Waals surface area contributed by atoms with Crippen LogP contribution in [0.3, 0.4) is 0 Å². The number of rotatable bonds is 23. The highest BCUT2D eigenvalue weighted by atomic mass is 32.2. The summed E-state index contributed by atoms with van der Waals surface area (Å²) in [6.45, 7) is 8.53. The molecule has 1 fully saturated rings. The molecule has 8 rings (SSSR count). The molecule has 0 unspecified atom stereocenters. The van der Waals surface area contributed by atoms with E-state index in [9.17, 15) is 48.9 Å². The van der Waals surface area contributed by atoms with Crippen LogP contribution in [0.4, 0.5) is 0 Å². The summed E-state index contributed by atoms with van der Waals surface area (Å²) >= 11 is 0.840. The molecule has 1 aliphatic rings. The third-order valence-electron chi connectivity index (χ3n) is 22.6. The second-order valence-corrected chi connectivity index (χ2v) is 35.1. The van der Waals surface area contributed by atoms with E-state index in [1.54, 1.807) is 149 Å². The van der Waals surface area contributed by atoms with E-state index in [2.05, 4.69) is 61.7 Å². The number of hydrogen-bond donors (Lipinski definition) is 14. The van der Waals surface area contributed by atoms with Crippen molar-refractivity contribution in [2.75, 3.05) is 59.8 Å². The van der Waals surface area contributed by atoms with Crippen LogP contribution in [-0.4, -0.2) is 271 Å². The lowest BCUT2D eigenvalue weighted by Gasteiger charge is -2.38. The summed E-state index contributed by atoms with van der Waals surface area (Å²) in [4.78, 5) is 232. The van der Waals surface area contributed by atoms with Crippen LogP contribution in [0.15, 0.2) is 170 Å². The first-order chi connectivity index (χ1) is 61.8. The molecule has 1 saturated heterocycles. The van der Waals surface area contributed by atoms with Gasteiger partial charge in [-0.2, -0.15) is 0 Å². The number of aliphatic hydroxyl groups excluding tert-OH is 1. The van der Waals surface area contributed by atoms with Crippen molar-refractivity contribution in [3.8, 4) is 11.5 Å². The number of H-pyrrole nitrogens is 1. The number of aliphatic hydroxyl groups is 1. The van der Waals surface area contributed by atoms with Crippen LogP contribution in [0.1, 0.15) is 107 Å². The number of phenolic OH excluding ortho intramolecular Hbond substituents is 2. The van der Waals surface area contributed by atoms with Crippen molar-refractivity contribution < 1.29 is 87.2 Å². The lowest BCUT2D eigenvalue weighted by atomic mass is 9.98. The number of amides is 15.